The van der Waals surface area contributed by atoms with E-state index in [2.05, 4.69) is 0 Å². The largest absolute Gasteiger partial charge is 0.382 e. The summed E-state index contributed by atoms with van der Waals surface area (Å²) in [5.41, 5.74) is 6.77. The maximum absolute atomic E-state index is 12.1. The van der Waals surface area contributed by atoms with Gasteiger partial charge in [-0.1, -0.05) is 30.3 Å². The lowest BCUT2D eigenvalue weighted by molar-refractivity contribution is -0.133. The Bertz CT molecular complexity index is 388. The summed E-state index contributed by atoms with van der Waals surface area (Å²) in [5, 5.41) is 0. The Hall–Kier alpha value is -1.14. The molecule has 120 valence electrons. The number of amides is 1. The van der Waals surface area contributed by atoms with Gasteiger partial charge in [-0.05, 0) is 12.5 Å². The molecule has 0 fully saturated rings. The van der Waals surface area contributed by atoms with E-state index < -0.39 is 6.04 Å². The third-order valence-electron chi connectivity index (χ3n) is 2.85. The van der Waals surface area contributed by atoms with Gasteiger partial charge in [-0.3, -0.25) is 4.79 Å². The summed E-state index contributed by atoms with van der Waals surface area (Å²) < 4.78 is 10.3. The van der Waals surface area contributed by atoms with Crippen molar-refractivity contribution in [3.05, 3.63) is 35.9 Å². The predicted molar refractivity (Wildman–Crippen MR) is 85.5 cm³/mol. The number of carbonyl (C=O) groups is 1. The Kier molecular flexibility index (Phi) is 10.9. The lowest BCUT2D eigenvalue weighted by atomic mass is 10.2. The molecule has 0 spiro atoms. The first-order valence-corrected chi connectivity index (χ1v) is 6.80. The predicted octanol–water partition coefficient (Wildman–Crippen LogP) is 1.45. The Morgan fingerprint density at radius 2 is 1.90 bits per heavy atom. The van der Waals surface area contributed by atoms with E-state index >= 15 is 0 Å². The van der Waals surface area contributed by atoms with Crippen LogP contribution in [0.5, 0.6) is 0 Å². The van der Waals surface area contributed by atoms with Crippen LogP contribution in [0.1, 0.15) is 12.5 Å². The number of nitrogens with two attached hydrogens (primary N) is 1. The lowest BCUT2D eigenvalue weighted by Gasteiger charge is -2.24. The van der Waals surface area contributed by atoms with E-state index in [0.29, 0.717) is 32.9 Å². The number of halogens is 1. The standard InChI is InChI=1S/C15H24N2O3.ClH/c1-13(16)15(18)17(8-9-20-11-10-19-2)12-14-6-4-3-5-7-14;/h3-7,13H,8-12,16H2,1-2H3;1H/t13-;/m0./s1. The molecule has 0 aliphatic carbocycles. The zero-order valence-electron chi connectivity index (χ0n) is 12.7. The second kappa shape index (κ2) is 11.5. The van der Waals surface area contributed by atoms with Crippen molar-refractivity contribution in [3.63, 3.8) is 0 Å². The van der Waals surface area contributed by atoms with Crippen molar-refractivity contribution >= 4 is 18.3 Å². The van der Waals surface area contributed by atoms with E-state index in [-0.39, 0.29) is 18.3 Å². The molecular formula is C15H25ClN2O3. The van der Waals surface area contributed by atoms with E-state index in [1.807, 2.05) is 30.3 Å². The topological polar surface area (TPSA) is 64.8 Å². The SMILES string of the molecule is COCCOCCN(Cc1ccccc1)C(=O)[C@H](C)N.Cl. The van der Waals surface area contributed by atoms with Gasteiger partial charge in [0, 0.05) is 20.2 Å². The van der Waals surface area contributed by atoms with E-state index in [4.69, 9.17) is 15.2 Å². The monoisotopic (exact) mass is 316 g/mol. The summed E-state index contributed by atoms with van der Waals surface area (Å²) in [4.78, 5) is 13.8. The summed E-state index contributed by atoms with van der Waals surface area (Å²) in [6.07, 6.45) is 0. The number of benzene rings is 1. The fourth-order valence-electron chi connectivity index (χ4n) is 1.78. The van der Waals surface area contributed by atoms with Gasteiger partial charge < -0.3 is 20.1 Å². The van der Waals surface area contributed by atoms with Crippen molar-refractivity contribution in [2.75, 3.05) is 33.5 Å². The number of hydrogen-bond donors (Lipinski definition) is 1. The number of ether oxygens (including phenoxy) is 2. The van der Waals surface area contributed by atoms with E-state index in [1.54, 1.807) is 18.9 Å². The zero-order chi connectivity index (χ0) is 14.8. The molecule has 1 amide bonds. The first kappa shape index (κ1) is 19.9. The molecule has 21 heavy (non-hydrogen) atoms. The molecule has 0 radical (unpaired) electrons. The highest BCUT2D eigenvalue weighted by Crippen LogP contribution is 2.05. The third kappa shape index (κ3) is 8.02. The summed E-state index contributed by atoms with van der Waals surface area (Å²) in [6.45, 7) is 4.34. The van der Waals surface area contributed by atoms with Crippen LogP contribution in [0.4, 0.5) is 0 Å². The quantitative estimate of drug-likeness (QED) is 0.700. The van der Waals surface area contributed by atoms with Crippen LogP contribution >= 0.6 is 12.4 Å². The highest BCUT2D eigenvalue weighted by atomic mass is 35.5. The first-order valence-electron chi connectivity index (χ1n) is 6.80. The Labute approximate surface area is 132 Å². The van der Waals surface area contributed by atoms with E-state index in [9.17, 15) is 4.79 Å². The maximum atomic E-state index is 12.1. The van der Waals surface area contributed by atoms with Crippen LogP contribution in [-0.4, -0.2) is 50.3 Å². The van der Waals surface area contributed by atoms with Gasteiger partial charge in [0.1, 0.15) is 0 Å². The minimum absolute atomic E-state index is 0. The average Bonchev–Trinajstić information content (AvgIpc) is 2.46. The number of methoxy groups -OCH3 is 1. The van der Waals surface area contributed by atoms with Crippen molar-refractivity contribution < 1.29 is 14.3 Å². The molecule has 0 saturated carbocycles. The van der Waals surface area contributed by atoms with Crippen LogP contribution in [0.2, 0.25) is 0 Å². The van der Waals surface area contributed by atoms with E-state index in [1.165, 1.54) is 0 Å². The normalized spacial score (nSPS) is 11.6. The molecule has 2 N–H and O–H groups in total. The van der Waals surface area contributed by atoms with Gasteiger partial charge in [-0.15, -0.1) is 12.4 Å². The van der Waals surface area contributed by atoms with Gasteiger partial charge in [0.2, 0.25) is 5.91 Å². The molecule has 0 saturated heterocycles. The van der Waals surface area contributed by atoms with Crippen LogP contribution < -0.4 is 5.73 Å². The van der Waals surface area contributed by atoms with E-state index in [0.717, 1.165) is 5.56 Å². The van der Waals surface area contributed by atoms with Gasteiger partial charge in [0.05, 0.1) is 25.9 Å². The molecule has 0 unspecified atom stereocenters. The summed E-state index contributed by atoms with van der Waals surface area (Å²) in [5.74, 6) is -0.0656. The molecule has 1 rings (SSSR count). The van der Waals surface area contributed by atoms with Crippen molar-refractivity contribution in [3.8, 4) is 0 Å². The van der Waals surface area contributed by atoms with Crippen LogP contribution in [0.3, 0.4) is 0 Å². The summed E-state index contributed by atoms with van der Waals surface area (Å²) in [6, 6.07) is 9.35. The molecule has 0 bridgehead atoms. The minimum atomic E-state index is -0.502. The van der Waals surface area contributed by atoms with Crippen molar-refractivity contribution in [2.24, 2.45) is 5.73 Å². The number of carbonyl (C=O) groups excluding carboxylic acids is 1. The van der Waals surface area contributed by atoms with Crippen LogP contribution in [-0.2, 0) is 20.8 Å². The smallest absolute Gasteiger partial charge is 0.239 e. The minimum Gasteiger partial charge on any atom is -0.382 e. The molecule has 5 nitrogen and oxygen atoms in total. The number of rotatable bonds is 9. The summed E-state index contributed by atoms with van der Waals surface area (Å²) in [7, 11) is 1.63. The second-order valence-corrected chi connectivity index (χ2v) is 4.64. The molecule has 0 aliphatic heterocycles. The Morgan fingerprint density at radius 3 is 2.48 bits per heavy atom. The highest BCUT2D eigenvalue weighted by Gasteiger charge is 2.17. The molecule has 0 aliphatic rings. The molecule has 0 heterocycles. The van der Waals surface area contributed by atoms with Crippen molar-refractivity contribution in [1.82, 2.24) is 4.90 Å². The molecule has 1 aromatic rings. The number of nitrogens with zero attached hydrogens (tertiary/aromatic N) is 1. The lowest BCUT2D eigenvalue weighted by Crippen LogP contribution is -2.43. The molecule has 0 aromatic heterocycles. The third-order valence-corrected chi connectivity index (χ3v) is 2.85. The molecular weight excluding hydrogens is 292 g/mol. The summed E-state index contributed by atoms with van der Waals surface area (Å²) >= 11 is 0. The maximum Gasteiger partial charge on any atom is 0.239 e. The van der Waals surface area contributed by atoms with Gasteiger partial charge in [0.25, 0.3) is 0 Å². The fourth-order valence-corrected chi connectivity index (χ4v) is 1.78. The van der Waals surface area contributed by atoms with Crippen LogP contribution in [0.15, 0.2) is 30.3 Å². The fraction of sp³-hybridized carbons (Fsp3) is 0.533. The molecule has 6 heteroatoms. The van der Waals surface area contributed by atoms with Gasteiger partial charge in [-0.2, -0.15) is 0 Å². The van der Waals surface area contributed by atoms with Gasteiger partial charge >= 0.3 is 0 Å². The average molecular weight is 317 g/mol. The van der Waals surface area contributed by atoms with Crippen molar-refractivity contribution in [1.29, 1.82) is 0 Å². The number of hydrogen-bond acceptors (Lipinski definition) is 4. The first-order chi connectivity index (χ1) is 9.65. The molecule has 1 aromatic carbocycles. The van der Waals surface area contributed by atoms with Gasteiger partial charge in [-0.25, -0.2) is 0 Å². The Balaban J connectivity index is 0.00000400. The highest BCUT2D eigenvalue weighted by molar-refractivity contribution is 5.85. The van der Waals surface area contributed by atoms with Gasteiger partial charge in [0.15, 0.2) is 0 Å². The van der Waals surface area contributed by atoms with Crippen molar-refractivity contribution in [2.45, 2.75) is 19.5 Å². The van der Waals surface area contributed by atoms with Crippen LogP contribution in [0, 0.1) is 0 Å². The zero-order valence-corrected chi connectivity index (χ0v) is 13.5. The molecule has 1 atom stereocenters. The Morgan fingerprint density at radius 1 is 1.24 bits per heavy atom. The van der Waals surface area contributed by atoms with Crippen LogP contribution in [0.25, 0.3) is 0 Å². The second-order valence-electron chi connectivity index (χ2n) is 4.64.